The fourth-order valence-electron chi connectivity index (χ4n) is 1.76. The highest BCUT2D eigenvalue weighted by atomic mass is 35.5. The summed E-state index contributed by atoms with van der Waals surface area (Å²) in [5.41, 5.74) is 0.635. The van der Waals surface area contributed by atoms with E-state index in [1.165, 1.54) is 6.07 Å². The van der Waals surface area contributed by atoms with Crippen LogP contribution in [0.4, 0.5) is 10.1 Å². The van der Waals surface area contributed by atoms with Crippen LogP contribution < -0.4 is 5.32 Å². The summed E-state index contributed by atoms with van der Waals surface area (Å²) in [6.45, 7) is 0. The molecule has 0 bridgehead atoms. The number of halogens is 2. The Balaban J connectivity index is 2.31. The summed E-state index contributed by atoms with van der Waals surface area (Å²) in [6, 6.07) is 8.40. The number of phenolic OH excluding ortho intramolecular Hbond substituents is 1. The molecule has 6 heteroatoms. The van der Waals surface area contributed by atoms with E-state index in [2.05, 4.69) is 5.32 Å². The van der Waals surface area contributed by atoms with Gasteiger partial charge >= 0.3 is 5.97 Å². The smallest absolute Gasteiger partial charge is 0.330 e. The number of anilines is 1. The summed E-state index contributed by atoms with van der Waals surface area (Å²) in [6.07, 6.45) is 0. The van der Waals surface area contributed by atoms with E-state index in [0.29, 0.717) is 10.7 Å². The van der Waals surface area contributed by atoms with Gasteiger partial charge in [-0.15, -0.1) is 0 Å². The molecule has 1 unspecified atom stereocenters. The number of carboxylic acid groups (broad SMARTS) is 1. The normalized spacial score (nSPS) is 11.9. The second kappa shape index (κ2) is 5.79. The van der Waals surface area contributed by atoms with Gasteiger partial charge in [-0.1, -0.05) is 11.6 Å². The van der Waals surface area contributed by atoms with Gasteiger partial charge in [-0.2, -0.15) is 0 Å². The fraction of sp³-hybridized carbons (Fsp3) is 0.0714. The molecule has 0 aromatic heterocycles. The van der Waals surface area contributed by atoms with E-state index in [0.717, 1.165) is 12.1 Å². The molecule has 2 aromatic carbocycles. The van der Waals surface area contributed by atoms with Gasteiger partial charge in [0, 0.05) is 16.8 Å². The highest BCUT2D eigenvalue weighted by Gasteiger charge is 2.21. The zero-order valence-corrected chi connectivity index (χ0v) is 10.9. The Morgan fingerprint density at radius 3 is 2.40 bits per heavy atom. The summed E-state index contributed by atoms with van der Waals surface area (Å²) in [5.74, 6) is -2.22. The van der Waals surface area contributed by atoms with Crippen molar-refractivity contribution in [2.24, 2.45) is 0 Å². The van der Waals surface area contributed by atoms with E-state index >= 15 is 0 Å². The van der Waals surface area contributed by atoms with Gasteiger partial charge in [-0.3, -0.25) is 0 Å². The molecule has 0 aliphatic rings. The van der Waals surface area contributed by atoms with E-state index in [9.17, 15) is 19.4 Å². The Kier molecular flexibility index (Phi) is 4.10. The lowest BCUT2D eigenvalue weighted by atomic mass is 10.1. The van der Waals surface area contributed by atoms with Gasteiger partial charge in [-0.05, 0) is 42.0 Å². The number of hydrogen-bond donors (Lipinski definition) is 3. The third-order valence-corrected chi connectivity index (χ3v) is 2.89. The maximum Gasteiger partial charge on any atom is 0.330 e. The average molecular weight is 296 g/mol. The van der Waals surface area contributed by atoms with Crippen LogP contribution >= 0.6 is 11.6 Å². The molecule has 3 N–H and O–H groups in total. The standard InChI is InChI=1S/C14H11ClFNO3/c15-9-1-3-11(4-2-9)17-13(14(19)20)8-5-10(16)7-12(18)6-8/h1-7,13,17-18H,(H,19,20). The minimum atomic E-state index is -1.19. The maximum atomic E-state index is 13.2. The van der Waals surface area contributed by atoms with Gasteiger partial charge in [0.2, 0.25) is 0 Å². The predicted molar refractivity (Wildman–Crippen MR) is 73.5 cm³/mol. The van der Waals surface area contributed by atoms with Crippen molar-refractivity contribution in [3.8, 4) is 5.75 Å². The Morgan fingerprint density at radius 2 is 1.85 bits per heavy atom. The molecule has 2 rings (SSSR count). The van der Waals surface area contributed by atoms with E-state index < -0.39 is 17.8 Å². The molecule has 0 spiro atoms. The van der Waals surface area contributed by atoms with Crippen LogP contribution in [0, 0.1) is 5.82 Å². The van der Waals surface area contributed by atoms with Gasteiger partial charge in [0.15, 0.2) is 6.04 Å². The molecule has 104 valence electrons. The highest BCUT2D eigenvalue weighted by Crippen LogP contribution is 2.25. The predicted octanol–water partition coefficient (Wildman–Crippen LogP) is 3.42. The molecule has 0 heterocycles. The lowest BCUT2D eigenvalue weighted by Gasteiger charge is -2.16. The first-order valence-electron chi connectivity index (χ1n) is 5.70. The summed E-state index contributed by atoms with van der Waals surface area (Å²) in [4.78, 5) is 11.3. The van der Waals surface area contributed by atoms with Crippen molar-refractivity contribution in [1.29, 1.82) is 0 Å². The average Bonchev–Trinajstić information content (AvgIpc) is 2.36. The number of aromatic hydroxyl groups is 1. The largest absolute Gasteiger partial charge is 0.508 e. The van der Waals surface area contributed by atoms with Crippen molar-refractivity contribution in [2.45, 2.75) is 6.04 Å². The number of benzene rings is 2. The Bertz CT molecular complexity index is 611. The molecular weight excluding hydrogens is 285 g/mol. The number of aliphatic carboxylic acids is 1. The van der Waals surface area contributed by atoms with Crippen LogP contribution in [-0.2, 0) is 4.79 Å². The lowest BCUT2D eigenvalue weighted by Crippen LogP contribution is -2.20. The SMILES string of the molecule is O=C(O)C(Nc1ccc(Cl)cc1)c1cc(O)cc(F)c1. The van der Waals surface area contributed by atoms with Gasteiger partial charge in [0.1, 0.15) is 11.6 Å². The third-order valence-electron chi connectivity index (χ3n) is 2.64. The van der Waals surface area contributed by atoms with Crippen LogP contribution in [0.5, 0.6) is 5.75 Å². The van der Waals surface area contributed by atoms with Gasteiger partial charge < -0.3 is 15.5 Å². The summed E-state index contributed by atoms with van der Waals surface area (Å²) in [5, 5.41) is 21.8. The van der Waals surface area contributed by atoms with E-state index in [4.69, 9.17) is 11.6 Å². The number of rotatable bonds is 4. The Hall–Kier alpha value is -2.27. The quantitative estimate of drug-likeness (QED) is 0.808. The number of hydrogen-bond acceptors (Lipinski definition) is 3. The first-order chi connectivity index (χ1) is 9.45. The monoisotopic (exact) mass is 295 g/mol. The molecule has 0 aliphatic carbocycles. The van der Waals surface area contributed by atoms with Gasteiger partial charge in [-0.25, -0.2) is 9.18 Å². The third kappa shape index (κ3) is 3.39. The number of nitrogens with one attached hydrogen (secondary N) is 1. The minimum absolute atomic E-state index is 0.116. The van der Waals surface area contributed by atoms with Crippen LogP contribution in [-0.4, -0.2) is 16.2 Å². The molecule has 0 radical (unpaired) electrons. The maximum absolute atomic E-state index is 13.2. The summed E-state index contributed by atoms with van der Waals surface area (Å²) < 4.78 is 13.2. The molecule has 0 aliphatic heterocycles. The summed E-state index contributed by atoms with van der Waals surface area (Å²) >= 11 is 5.74. The molecule has 4 nitrogen and oxygen atoms in total. The Morgan fingerprint density at radius 1 is 1.20 bits per heavy atom. The molecule has 0 fully saturated rings. The molecule has 0 saturated carbocycles. The van der Waals surface area contributed by atoms with Crippen LogP contribution in [0.2, 0.25) is 5.02 Å². The molecule has 2 aromatic rings. The molecule has 0 amide bonds. The van der Waals surface area contributed by atoms with Crippen molar-refractivity contribution in [2.75, 3.05) is 5.32 Å². The fourth-order valence-corrected chi connectivity index (χ4v) is 1.89. The van der Waals surface area contributed by atoms with Gasteiger partial charge in [0.25, 0.3) is 0 Å². The van der Waals surface area contributed by atoms with Crippen molar-refractivity contribution in [3.63, 3.8) is 0 Å². The van der Waals surface area contributed by atoms with Crippen molar-refractivity contribution in [1.82, 2.24) is 0 Å². The number of carbonyl (C=O) groups is 1. The van der Waals surface area contributed by atoms with Crippen LogP contribution in [0.15, 0.2) is 42.5 Å². The van der Waals surface area contributed by atoms with E-state index in [-0.39, 0.29) is 11.3 Å². The highest BCUT2D eigenvalue weighted by molar-refractivity contribution is 6.30. The van der Waals surface area contributed by atoms with Crippen molar-refractivity contribution in [3.05, 3.63) is 58.9 Å². The van der Waals surface area contributed by atoms with Crippen LogP contribution in [0.1, 0.15) is 11.6 Å². The minimum Gasteiger partial charge on any atom is -0.508 e. The van der Waals surface area contributed by atoms with Crippen molar-refractivity contribution >= 4 is 23.3 Å². The van der Waals surface area contributed by atoms with Crippen molar-refractivity contribution < 1.29 is 19.4 Å². The van der Waals surface area contributed by atoms with E-state index in [1.54, 1.807) is 24.3 Å². The molecule has 20 heavy (non-hydrogen) atoms. The first-order valence-corrected chi connectivity index (χ1v) is 6.08. The molecule has 1 atom stereocenters. The number of carboxylic acids is 1. The number of phenols is 1. The second-order valence-electron chi connectivity index (χ2n) is 4.17. The molecule has 0 saturated heterocycles. The topological polar surface area (TPSA) is 69.6 Å². The first kappa shape index (κ1) is 14.1. The zero-order valence-electron chi connectivity index (χ0n) is 10.2. The molecular formula is C14H11ClFNO3. The zero-order chi connectivity index (χ0) is 14.7. The van der Waals surface area contributed by atoms with E-state index in [1.807, 2.05) is 0 Å². The lowest BCUT2D eigenvalue weighted by molar-refractivity contribution is -0.138. The van der Waals surface area contributed by atoms with Crippen LogP contribution in [0.3, 0.4) is 0 Å². The van der Waals surface area contributed by atoms with Gasteiger partial charge in [0.05, 0.1) is 0 Å². The second-order valence-corrected chi connectivity index (χ2v) is 4.60. The summed E-state index contributed by atoms with van der Waals surface area (Å²) in [7, 11) is 0. The van der Waals surface area contributed by atoms with Crippen LogP contribution in [0.25, 0.3) is 0 Å². The Labute approximate surface area is 119 Å².